The lowest BCUT2D eigenvalue weighted by Crippen LogP contribution is -2.45. The molecule has 3 heteroatoms. The van der Waals surface area contributed by atoms with Crippen LogP contribution in [0, 0.1) is 11.3 Å². The van der Waals surface area contributed by atoms with Crippen LogP contribution in [-0.4, -0.2) is 29.9 Å². The van der Waals surface area contributed by atoms with Gasteiger partial charge in [0.25, 0.3) is 0 Å². The molecule has 1 amide bonds. The maximum Gasteiger partial charge on any atom is 0.227 e. The highest BCUT2D eigenvalue weighted by Crippen LogP contribution is 2.38. The quantitative estimate of drug-likeness (QED) is 0.839. The average Bonchev–Trinajstić information content (AvgIpc) is 2.84. The Morgan fingerprint density at radius 2 is 1.94 bits per heavy atom. The first-order valence-corrected chi connectivity index (χ1v) is 7.66. The van der Waals surface area contributed by atoms with E-state index in [4.69, 9.17) is 5.73 Å². The number of hydrogen-bond donors (Lipinski definition) is 1. The van der Waals surface area contributed by atoms with E-state index < -0.39 is 0 Å². The number of hydrogen-bond acceptors (Lipinski definition) is 2. The third-order valence-electron chi connectivity index (χ3n) is 5.39. The molecule has 18 heavy (non-hydrogen) atoms. The average molecular weight is 252 g/mol. The third-order valence-corrected chi connectivity index (χ3v) is 5.39. The topological polar surface area (TPSA) is 46.3 Å². The monoisotopic (exact) mass is 252 g/mol. The van der Waals surface area contributed by atoms with Crippen molar-refractivity contribution in [1.82, 2.24) is 4.90 Å². The standard InChI is InChI=1S/C15H28N2O/c1-3-15(4-2)9-10-17(11-15)14(18)12-7-5-6-8-13(12)16/h12-13H,3-11,16H2,1-2H3. The Morgan fingerprint density at radius 1 is 1.28 bits per heavy atom. The first-order valence-electron chi connectivity index (χ1n) is 7.66. The van der Waals surface area contributed by atoms with E-state index in [1.165, 1.54) is 32.1 Å². The second kappa shape index (κ2) is 5.60. The molecule has 0 spiro atoms. The Kier molecular flexibility index (Phi) is 4.31. The summed E-state index contributed by atoms with van der Waals surface area (Å²) in [6.45, 7) is 6.42. The molecular formula is C15H28N2O. The van der Waals surface area contributed by atoms with E-state index in [2.05, 4.69) is 18.7 Å². The largest absolute Gasteiger partial charge is 0.342 e. The molecule has 1 heterocycles. The Labute approximate surface area is 111 Å². The van der Waals surface area contributed by atoms with Gasteiger partial charge in [0.15, 0.2) is 0 Å². The highest BCUT2D eigenvalue weighted by molar-refractivity contribution is 5.80. The van der Waals surface area contributed by atoms with Crippen LogP contribution in [0.15, 0.2) is 0 Å². The lowest BCUT2D eigenvalue weighted by molar-refractivity contribution is -0.136. The van der Waals surface area contributed by atoms with Gasteiger partial charge in [-0.2, -0.15) is 0 Å². The Bertz CT molecular complexity index is 299. The summed E-state index contributed by atoms with van der Waals surface area (Å²) in [6.07, 6.45) is 7.93. The molecule has 0 radical (unpaired) electrons. The van der Waals surface area contributed by atoms with Gasteiger partial charge in [0.05, 0.1) is 5.92 Å². The van der Waals surface area contributed by atoms with E-state index in [0.717, 1.165) is 25.9 Å². The number of nitrogens with two attached hydrogens (primary N) is 1. The fraction of sp³-hybridized carbons (Fsp3) is 0.933. The molecule has 0 aromatic heterocycles. The number of carbonyl (C=O) groups excluding carboxylic acids is 1. The molecular weight excluding hydrogens is 224 g/mol. The summed E-state index contributed by atoms with van der Waals surface area (Å²) < 4.78 is 0. The van der Waals surface area contributed by atoms with Crippen molar-refractivity contribution in [1.29, 1.82) is 0 Å². The number of amides is 1. The van der Waals surface area contributed by atoms with Gasteiger partial charge >= 0.3 is 0 Å². The van der Waals surface area contributed by atoms with E-state index in [1.807, 2.05) is 0 Å². The molecule has 2 unspecified atom stereocenters. The molecule has 0 aromatic carbocycles. The third kappa shape index (κ3) is 2.56. The Morgan fingerprint density at radius 3 is 2.50 bits per heavy atom. The van der Waals surface area contributed by atoms with Crippen molar-refractivity contribution in [2.45, 2.75) is 64.8 Å². The van der Waals surface area contributed by atoms with Gasteiger partial charge in [-0.15, -0.1) is 0 Å². The summed E-state index contributed by atoms with van der Waals surface area (Å²) in [5.74, 6) is 0.439. The lowest BCUT2D eigenvalue weighted by atomic mass is 9.81. The molecule has 3 nitrogen and oxygen atoms in total. The molecule has 1 saturated heterocycles. The maximum atomic E-state index is 12.6. The van der Waals surface area contributed by atoms with Crippen molar-refractivity contribution in [2.75, 3.05) is 13.1 Å². The minimum atomic E-state index is 0.100. The van der Waals surface area contributed by atoms with Crippen LogP contribution in [0.1, 0.15) is 58.8 Å². The van der Waals surface area contributed by atoms with E-state index in [1.54, 1.807) is 0 Å². The molecule has 1 saturated carbocycles. The number of nitrogens with zero attached hydrogens (tertiary/aromatic N) is 1. The summed E-state index contributed by atoms with van der Waals surface area (Å²) in [5, 5.41) is 0. The zero-order chi connectivity index (χ0) is 13.2. The molecule has 2 rings (SSSR count). The van der Waals surface area contributed by atoms with Crippen molar-refractivity contribution in [3.05, 3.63) is 0 Å². The van der Waals surface area contributed by atoms with Crippen LogP contribution >= 0.6 is 0 Å². The van der Waals surface area contributed by atoms with Gasteiger partial charge in [0.1, 0.15) is 0 Å². The smallest absolute Gasteiger partial charge is 0.227 e. The summed E-state index contributed by atoms with van der Waals surface area (Å²) in [4.78, 5) is 14.7. The van der Waals surface area contributed by atoms with E-state index in [9.17, 15) is 4.79 Å². The van der Waals surface area contributed by atoms with Crippen LogP contribution in [0.3, 0.4) is 0 Å². The first kappa shape index (κ1) is 13.9. The fourth-order valence-electron chi connectivity index (χ4n) is 3.65. The van der Waals surface area contributed by atoms with Gasteiger partial charge in [0.2, 0.25) is 5.91 Å². The normalized spacial score (nSPS) is 31.6. The Hall–Kier alpha value is -0.570. The predicted molar refractivity (Wildman–Crippen MR) is 74.1 cm³/mol. The fourth-order valence-corrected chi connectivity index (χ4v) is 3.65. The van der Waals surface area contributed by atoms with Crippen LogP contribution in [0.25, 0.3) is 0 Å². The predicted octanol–water partition coefficient (Wildman–Crippen LogP) is 2.54. The number of rotatable bonds is 3. The van der Waals surface area contributed by atoms with E-state index in [-0.39, 0.29) is 12.0 Å². The summed E-state index contributed by atoms with van der Waals surface area (Å²) in [7, 11) is 0. The van der Waals surface area contributed by atoms with Crippen LogP contribution < -0.4 is 5.73 Å². The van der Waals surface area contributed by atoms with Crippen LogP contribution in [0.2, 0.25) is 0 Å². The van der Waals surface area contributed by atoms with Gasteiger partial charge in [-0.25, -0.2) is 0 Å². The zero-order valence-electron chi connectivity index (χ0n) is 12.0. The van der Waals surface area contributed by atoms with Crippen molar-refractivity contribution in [3.8, 4) is 0 Å². The first-order chi connectivity index (χ1) is 8.62. The second-order valence-electron chi connectivity index (χ2n) is 6.27. The number of likely N-dealkylation sites (tertiary alicyclic amines) is 1. The van der Waals surface area contributed by atoms with Crippen LogP contribution in [0.4, 0.5) is 0 Å². The summed E-state index contributed by atoms with van der Waals surface area (Å²) >= 11 is 0. The van der Waals surface area contributed by atoms with Crippen LogP contribution in [0.5, 0.6) is 0 Å². The van der Waals surface area contributed by atoms with Gasteiger partial charge in [-0.3, -0.25) is 4.79 Å². The lowest BCUT2D eigenvalue weighted by Gasteiger charge is -2.32. The van der Waals surface area contributed by atoms with E-state index in [0.29, 0.717) is 11.3 Å². The van der Waals surface area contributed by atoms with Crippen molar-refractivity contribution < 1.29 is 4.79 Å². The Balaban J connectivity index is 1.98. The molecule has 2 aliphatic rings. The van der Waals surface area contributed by atoms with Crippen molar-refractivity contribution >= 4 is 5.91 Å². The number of carbonyl (C=O) groups is 1. The molecule has 0 bridgehead atoms. The minimum Gasteiger partial charge on any atom is -0.342 e. The zero-order valence-corrected chi connectivity index (χ0v) is 12.0. The maximum absolute atomic E-state index is 12.6. The van der Waals surface area contributed by atoms with Crippen LogP contribution in [-0.2, 0) is 4.79 Å². The molecule has 1 aliphatic carbocycles. The van der Waals surface area contributed by atoms with E-state index >= 15 is 0 Å². The molecule has 104 valence electrons. The second-order valence-corrected chi connectivity index (χ2v) is 6.27. The molecule has 2 N–H and O–H groups in total. The molecule has 2 fully saturated rings. The van der Waals surface area contributed by atoms with Gasteiger partial charge in [0, 0.05) is 19.1 Å². The highest BCUT2D eigenvalue weighted by Gasteiger charge is 2.40. The summed E-state index contributed by atoms with van der Waals surface area (Å²) in [5.41, 5.74) is 6.52. The highest BCUT2D eigenvalue weighted by atomic mass is 16.2. The van der Waals surface area contributed by atoms with Gasteiger partial charge in [-0.05, 0) is 37.5 Å². The van der Waals surface area contributed by atoms with Gasteiger partial charge in [-0.1, -0.05) is 26.7 Å². The molecule has 0 aromatic rings. The SMILES string of the molecule is CCC1(CC)CCN(C(=O)C2CCCCC2N)C1. The van der Waals surface area contributed by atoms with Gasteiger partial charge < -0.3 is 10.6 Å². The summed E-state index contributed by atoms with van der Waals surface area (Å²) in [6, 6.07) is 0.101. The minimum absolute atomic E-state index is 0.100. The van der Waals surface area contributed by atoms with Crippen molar-refractivity contribution in [3.63, 3.8) is 0 Å². The molecule has 1 aliphatic heterocycles. The van der Waals surface area contributed by atoms with Crippen molar-refractivity contribution in [2.24, 2.45) is 17.1 Å². The molecule has 2 atom stereocenters.